The number of halogens is 1. The van der Waals surface area contributed by atoms with Crippen LogP contribution in [0.3, 0.4) is 0 Å². The summed E-state index contributed by atoms with van der Waals surface area (Å²) in [4.78, 5) is 16.0. The smallest absolute Gasteiger partial charge is 0.220 e. The van der Waals surface area contributed by atoms with Gasteiger partial charge >= 0.3 is 0 Å². The standard InChI is InChI=1S/C15H19N3OS.ClH/c16-9-4-7-14(19)17-10-8-13-11-20-15(18-13)12-5-2-1-3-6-12;/h1-3,5-6,11H,4,7-10,16H2,(H,17,19);1H. The zero-order valence-electron chi connectivity index (χ0n) is 11.7. The van der Waals surface area contributed by atoms with Crippen LogP contribution in [0.1, 0.15) is 18.5 Å². The molecule has 0 atom stereocenters. The number of thiazole rings is 1. The van der Waals surface area contributed by atoms with E-state index in [1.54, 1.807) is 11.3 Å². The maximum atomic E-state index is 11.4. The van der Waals surface area contributed by atoms with Gasteiger partial charge in [-0.05, 0) is 13.0 Å². The Morgan fingerprint density at radius 3 is 2.76 bits per heavy atom. The van der Waals surface area contributed by atoms with E-state index >= 15 is 0 Å². The van der Waals surface area contributed by atoms with Gasteiger partial charge in [0.05, 0.1) is 5.69 Å². The molecule has 2 aromatic rings. The van der Waals surface area contributed by atoms with Crippen molar-refractivity contribution < 1.29 is 4.79 Å². The zero-order valence-corrected chi connectivity index (χ0v) is 13.4. The molecule has 0 radical (unpaired) electrons. The van der Waals surface area contributed by atoms with E-state index in [4.69, 9.17) is 5.73 Å². The minimum absolute atomic E-state index is 0. The van der Waals surface area contributed by atoms with E-state index in [1.165, 1.54) is 0 Å². The highest BCUT2D eigenvalue weighted by Crippen LogP contribution is 2.23. The van der Waals surface area contributed by atoms with Crippen molar-refractivity contribution in [2.45, 2.75) is 19.3 Å². The molecule has 21 heavy (non-hydrogen) atoms. The summed E-state index contributed by atoms with van der Waals surface area (Å²) in [6, 6.07) is 10.1. The van der Waals surface area contributed by atoms with Gasteiger partial charge in [-0.2, -0.15) is 0 Å². The number of carbonyl (C=O) groups is 1. The molecule has 114 valence electrons. The predicted molar refractivity (Wildman–Crippen MR) is 89.8 cm³/mol. The third-order valence-corrected chi connectivity index (χ3v) is 3.82. The number of amides is 1. The summed E-state index contributed by atoms with van der Waals surface area (Å²) in [7, 11) is 0. The first kappa shape index (κ1) is 17.6. The molecule has 0 aliphatic heterocycles. The first-order valence-electron chi connectivity index (χ1n) is 6.76. The van der Waals surface area contributed by atoms with Gasteiger partial charge in [-0.1, -0.05) is 30.3 Å². The molecule has 6 heteroatoms. The zero-order chi connectivity index (χ0) is 14.2. The SMILES string of the molecule is Cl.NCCCC(=O)NCCc1csc(-c2ccccc2)n1. The molecule has 0 aliphatic carbocycles. The van der Waals surface area contributed by atoms with Gasteiger partial charge in [-0.25, -0.2) is 4.98 Å². The highest BCUT2D eigenvalue weighted by molar-refractivity contribution is 7.13. The van der Waals surface area contributed by atoms with E-state index in [1.807, 2.05) is 23.6 Å². The molecular weight excluding hydrogens is 306 g/mol. The molecule has 3 N–H and O–H groups in total. The minimum Gasteiger partial charge on any atom is -0.356 e. The lowest BCUT2D eigenvalue weighted by atomic mass is 10.2. The van der Waals surface area contributed by atoms with Crippen LogP contribution in [0, 0.1) is 0 Å². The Morgan fingerprint density at radius 1 is 1.29 bits per heavy atom. The molecule has 0 bridgehead atoms. The maximum Gasteiger partial charge on any atom is 0.220 e. The quantitative estimate of drug-likeness (QED) is 0.822. The van der Waals surface area contributed by atoms with E-state index in [0.29, 0.717) is 19.5 Å². The summed E-state index contributed by atoms with van der Waals surface area (Å²) in [5, 5.41) is 5.96. The average Bonchev–Trinajstić information content (AvgIpc) is 2.95. The van der Waals surface area contributed by atoms with Gasteiger partial charge in [0, 0.05) is 30.3 Å². The molecule has 0 spiro atoms. The van der Waals surface area contributed by atoms with Crippen molar-refractivity contribution in [2.24, 2.45) is 5.73 Å². The molecule has 1 heterocycles. The molecule has 1 aromatic heterocycles. The van der Waals surface area contributed by atoms with Crippen LogP contribution in [-0.2, 0) is 11.2 Å². The molecule has 1 aromatic carbocycles. The molecule has 1 amide bonds. The van der Waals surface area contributed by atoms with Crippen molar-refractivity contribution >= 4 is 29.7 Å². The second-order valence-electron chi connectivity index (χ2n) is 4.50. The van der Waals surface area contributed by atoms with Gasteiger partial charge in [-0.3, -0.25) is 4.79 Å². The summed E-state index contributed by atoms with van der Waals surface area (Å²) in [6.45, 7) is 1.18. The van der Waals surface area contributed by atoms with Crippen LogP contribution >= 0.6 is 23.7 Å². The number of hydrogen-bond acceptors (Lipinski definition) is 4. The second-order valence-corrected chi connectivity index (χ2v) is 5.36. The van der Waals surface area contributed by atoms with Crippen molar-refractivity contribution in [2.75, 3.05) is 13.1 Å². The molecule has 2 rings (SSSR count). The van der Waals surface area contributed by atoms with E-state index < -0.39 is 0 Å². The van der Waals surface area contributed by atoms with Gasteiger partial charge in [0.2, 0.25) is 5.91 Å². The fourth-order valence-corrected chi connectivity index (χ4v) is 2.68. The lowest BCUT2D eigenvalue weighted by molar-refractivity contribution is -0.121. The average molecular weight is 326 g/mol. The number of benzene rings is 1. The Kier molecular flexibility index (Phi) is 7.97. The van der Waals surface area contributed by atoms with Crippen LogP contribution in [-0.4, -0.2) is 24.0 Å². The van der Waals surface area contributed by atoms with E-state index in [9.17, 15) is 4.79 Å². The Bertz CT molecular complexity index is 545. The Morgan fingerprint density at radius 2 is 2.05 bits per heavy atom. The van der Waals surface area contributed by atoms with Crippen LogP contribution in [0.5, 0.6) is 0 Å². The Balaban J connectivity index is 0.00000220. The largest absolute Gasteiger partial charge is 0.356 e. The molecule has 0 saturated heterocycles. The third-order valence-electron chi connectivity index (χ3n) is 2.88. The summed E-state index contributed by atoms with van der Waals surface area (Å²) < 4.78 is 0. The molecule has 4 nitrogen and oxygen atoms in total. The van der Waals surface area contributed by atoms with Crippen molar-refractivity contribution in [1.29, 1.82) is 0 Å². The molecule has 0 fully saturated rings. The minimum atomic E-state index is 0. The van der Waals surface area contributed by atoms with Gasteiger partial charge in [-0.15, -0.1) is 23.7 Å². The first-order chi connectivity index (χ1) is 9.79. The normalized spacial score (nSPS) is 9.95. The highest BCUT2D eigenvalue weighted by Gasteiger charge is 2.05. The number of hydrogen-bond donors (Lipinski definition) is 2. The van der Waals surface area contributed by atoms with Gasteiger partial charge in [0.15, 0.2) is 0 Å². The topological polar surface area (TPSA) is 68.0 Å². The van der Waals surface area contributed by atoms with Crippen LogP contribution in [0.2, 0.25) is 0 Å². The lowest BCUT2D eigenvalue weighted by Crippen LogP contribution is -2.26. The van der Waals surface area contributed by atoms with Crippen molar-refractivity contribution in [3.05, 3.63) is 41.4 Å². The van der Waals surface area contributed by atoms with Crippen molar-refractivity contribution in [3.8, 4) is 10.6 Å². The van der Waals surface area contributed by atoms with Gasteiger partial charge in [0.1, 0.15) is 5.01 Å². The Hall–Kier alpha value is -1.43. The van der Waals surface area contributed by atoms with E-state index in [-0.39, 0.29) is 18.3 Å². The third kappa shape index (κ3) is 5.83. The van der Waals surface area contributed by atoms with Crippen LogP contribution < -0.4 is 11.1 Å². The number of rotatable bonds is 7. The lowest BCUT2D eigenvalue weighted by Gasteiger charge is -2.02. The Labute approximate surface area is 135 Å². The van der Waals surface area contributed by atoms with Gasteiger partial charge in [0.25, 0.3) is 0 Å². The summed E-state index contributed by atoms with van der Waals surface area (Å²) in [5.41, 5.74) is 7.52. The number of nitrogens with zero attached hydrogens (tertiary/aromatic N) is 1. The monoisotopic (exact) mass is 325 g/mol. The number of carbonyl (C=O) groups excluding carboxylic acids is 1. The summed E-state index contributed by atoms with van der Waals surface area (Å²) in [5.74, 6) is 0.0639. The number of aromatic nitrogens is 1. The number of nitrogens with one attached hydrogen (secondary N) is 1. The van der Waals surface area contributed by atoms with E-state index in [2.05, 4.69) is 22.4 Å². The molecule has 0 aliphatic rings. The van der Waals surface area contributed by atoms with Crippen molar-refractivity contribution in [1.82, 2.24) is 10.3 Å². The van der Waals surface area contributed by atoms with Crippen LogP contribution in [0.25, 0.3) is 10.6 Å². The van der Waals surface area contributed by atoms with Crippen LogP contribution in [0.4, 0.5) is 0 Å². The molecule has 0 saturated carbocycles. The molecular formula is C15H20ClN3OS. The predicted octanol–water partition coefficient (Wildman–Crippen LogP) is 2.63. The maximum absolute atomic E-state index is 11.4. The summed E-state index contributed by atoms with van der Waals surface area (Å²) >= 11 is 1.64. The second kappa shape index (κ2) is 9.50. The number of nitrogens with two attached hydrogens (primary N) is 1. The highest BCUT2D eigenvalue weighted by atomic mass is 35.5. The summed E-state index contributed by atoms with van der Waals surface area (Å²) in [6.07, 6.45) is 2.00. The molecule has 0 unspecified atom stereocenters. The fourth-order valence-electron chi connectivity index (χ4n) is 1.82. The van der Waals surface area contributed by atoms with Crippen molar-refractivity contribution in [3.63, 3.8) is 0 Å². The fraction of sp³-hybridized carbons (Fsp3) is 0.333. The van der Waals surface area contributed by atoms with Gasteiger partial charge < -0.3 is 11.1 Å². The van der Waals surface area contributed by atoms with E-state index in [0.717, 1.165) is 29.1 Å². The van der Waals surface area contributed by atoms with Crippen LogP contribution in [0.15, 0.2) is 35.7 Å². The first-order valence-corrected chi connectivity index (χ1v) is 7.64.